The standard InChI is InChI=1S/C36H44O12/c1-9-19(4)26(39)45-27-30(6)17-32(40)31(7,21(30)14-23(37)42-8)33-12-11-29(5)22(15-24(38)44-25(29)20-10-13-43-16-20)35(33)28(34(27,32)41)46-36(47-33,48-35)18(2)3/h9-10,13,15-16,18,21,25,27-28,40-41H,11-12,14,17H2,1-8H3. The molecule has 12 unspecified atom stereocenters. The molecule has 260 valence electrons. The Bertz CT molecular complexity index is 1700. The smallest absolute Gasteiger partial charge is 0.333 e. The van der Waals surface area contributed by atoms with E-state index < -0.39 is 92.7 Å². The number of carbonyl (C=O) groups excluding carboxylic acids is 3. The Labute approximate surface area is 278 Å². The molecule has 12 nitrogen and oxygen atoms in total. The van der Waals surface area contributed by atoms with Crippen molar-refractivity contribution in [2.24, 2.45) is 28.1 Å². The topological polar surface area (TPSA) is 160 Å². The zero-order chi connectivity index (χ0) is 34.7. The van der Waals surface area contributed by atoms with Gasteiger partial charge in [-0.15, -0.1) is 0 Å². The van der Waals surface area contributed by atoms with Crippen molar-refractivity contribution in [1.82, 2.24) is 0 Å². The van der Waals surface area contributed by atoms with Crippen LogP contribution in [0.15, 0.2) is 46.3 Å². The predicted octanol–water partition coefficient (Wildman–Crippen LogP) is 3.80. The zero-order valence-corrected chi connectivity index (χ0v) is 28.6. The molecule has 4 aliphatic carbocycles. The molecule has 0 amide bonds. The number of carbonyl (C=O) groups is 3. The van der Waals surface area contributed by atoms with Crippen LogP contribution in [0.4, 0.5) is 0 Å². The molecular formula is C36H44O12. The first-order valence-electron chi connectivity index (χ1n) is 16.8. The minimum atomic E-state index is -2.28. The van der Waals surface area contributed by atoms with Crippen molar-refractivity contribution in [3.8, 4) is 0 Å². The van der Waals surface area contributed by atoms with Crippen LogP contribution in [0.5, 0.6) is 0 Å². The summed E-state index contributed by atoms with van der Waals surface area (Å²) in [4.78, 5) is 40.5. The third-order valence-electron chi connectivity index (χ3n) is 14.0. The number of cyclic esters (lactones) is 1. The average molecular weight is 669 g/mol. The van der Waals surface area contributed by atoms with Gasteiger partial charge in [0.15, 0.2) is 11.2 Å². The van der Waals surface area contributed by atoms with Gasteiger partial charge in [0.25, 0.3) is 5.97 Å². The van der Waals surface area contributed by atoms with Gasteiger partial charge >= 0.3 is 17.9 Å². The van der Waals surface area contributed by atoms with Gasteiger partial charge in [-0.2, -0.15) is 0 Å². The second kappa shape index (κ2) is 9.19. The highest BCUT2D eigenvalue weighted by atomic mass is 17.0. The van der Waals surface area contributed by atoms with Crippen LogP contribution < -0.4 is 0 Å². The van der Waals surface area contributed by atoms with Crippen LogP contribution in [-0.4, -0.2) is 75.8 Å². The maximum absolute atomic E-state index is 13.6. The third kappa shape index (κ3) is 3.03. The number of hydrogen-bond acceptors (Lipinski definition) is 12. The molecule has 12 heteroatoms. The van der Waals surface area contributed by atoms with Gasteiger partial charge in [-0.25, -0.2) is 9.59 Å². The molecule has 12 atom stereocenters. The van der Waals surface area contributed by atoms with Crippen LogP contribution in [0, 0.1) is 28.1 Å². The second-order valence-corrected chi connectivity index (χ2v) is 16.0. The summed E-state index contributed by atoms with van der Waals surface area (Å²) in [5, 5.41) is 26.8. The van der Waals surface area contributed by atoms with E-state index >= 15 is 0 Å². The van der Waals surface area contributed by atoms with Gasteiger partial charge in [-0.1, -0.05) is 40.7 Å². The molecule has 2 saturated heterocycles. The molecule has 2 N–H and O–H groups in total. The minimum Gasteiger partial charge on any atom is -0.472 e. The van der Waals surface area contributed by atoms with Gasteiger partial charge in [-0.05, 0) is 50.7 Å². The summed E-state index contributed by atoms with van der Waals surface area (Å²) < 4.78 is 44.0. The van der Waals surface area contributed by atoms with Gasteiger partial charge < -0.3 is 43.1 Å². The summed E-state index contributed by atoms with van der Waals surface area (Å²) in [6.07, 6.45) is 3.14. The zero-order valence-electron chi connectivity index (χ0n) is 28.6. The molecule has 7 aliphatic rings. The van der Waals surface area contributed by atoms with E-state index in [2.05, 4.69) is 0 Å². The van der Waals surface area contributed by atoms with Crippen molar-refractivity contribution in [2.75, 3.05) is 7.11 Å². The van der Waals surface area contributed by atoms with Gasteiger partial charge in [0.05, 0.1) is 19.6 Å². The Balaban J connectivity index is 1.44. The maximum Gasteiger partial charge on any atom is 0.333 e. The van der Waals surface area contributed by atoms with Gasteiger partial charge in [0, 0.05) is 45.8 Å². The van der Waals surface area contributed by atoms with E-state index in [1.165, 1.54) is 25.7 Å². The highest BCUT2D eigenvalue weighted by molar-refractivity contribution is 5.88. The van der Waals surface area contributed by atoms with E-state index in [9.17, 15) is 24.6 Å². The average Bonchev–Trinajstić information content (AvgIpc) is 3.83. The summed E-state index contributed by atoms with van der Waals surface area (Å²) in [5.74, 6) is -4.68. The number of allylic oxidation sites excluding steroid dienone is 1. The molecular weight excluding hydrogens is 624 g/mol. The van der Waals surface area contributed by atoms with Crippen LogP contribution in [0.25, 0.3) is 0 Å². The fourth-order valence-electron chi connectivity index (χ4n) is 11.7. The normalized spacial score (nSPS) is 50.9. The largest absolute Gasteiger partial charge is 0.472 e. The summed E-state index contributed by atoms with van der Waals surface area (Å²) in [7, 11) is 1.30. The number of methoxy groups -OCH3 is 1. The SMILES string of the molecule is CC=C(C)C(=O)OC1C2(C)CC3(O)C1(O)C1OC4(C(C)C)OC15C1=CC(=O)OC(c6ccoc6)C1(C)CCC5(O4)C3(C)C2CC(=O)OC. The van der Waals surface area contributed by atoms with Crippen molar-refractivity contribution in [3.05, 3.63) is 47.5 Å². The lowest BCUT2D eigenvalue weighted by Gasteiger charge is -2.75. The highest BCUT2D eigenvalue weighted by Gasteiger charge is 3.02. The maximum atomic E-state index is 13.6. The van der Waals surface area contributed by atoms with E-state index in [0.717, 1.165) is 0 Å². The van der Waals surface area contributed by atoms with Crippen molar-refractivity contribution in [3.63, 3.8) is 0 Å². The second-order valence-electron chi connectivity index (χ2n) is 16.0. The first-order valence-corrected chi connectivity index (χ1v) is 16.8. The lowest BCUT2D eigenvalue weighted by molar-refractivity contribution is -0.454. The van der Waals surface area contributed by atoms with Gasteiger partial charge in [0.1, 0.15) is 29.5 Å². The molecule has 0 aromatic carbocycles. The minimum absolute atomic E-state index is 0.0206. The lowest BCUT2D eigenvalue weighted by atomic mass is 9.35. The molecule has 4 heterocycles. The predicted molar refractivity (Wildman–Crippen MR) is 163 cm³/mol. The number of fused-ring (bicyclic) bond motifs is 4. The first-order chi connectivity index (χ1) is 22.4. The van der Waals surface area contributed by atoms with Crippen LogP contribution in [0.1, 0.15) is 85.8 Å². The Morgan fingerprint density at radius 2 is 1.88 bits per heavy atom. The molecule has 4 saturated carbocycles. The number of aliphatic hydroxyl groups is 2. The van der Waals surface area contributed by atoms with E-state index in [1.807, 2.05) is 34.6 Å². The van der Waals surface area contributed by atoms with Crippen molar-refractivity contribution in [1.29, 1.82) is 0 Å². The van der Waals surface area contributed by atoms with E-state index in [1.54, 1.807) is 26.0 Å². The van der Waals surface area contributed by atoms with Crippen LogP contribution in [-0.2, 0) is 42.8 Å². The molecule has 1 spiro atoms. The monoisotopic (exact) mass is 668 g/mol. The van der Waals surface area contributed by atoms with E-state index in [-0.39, 0.29) is 12.8 Å². The molecule has 3 aliphatic heterocycles. The Morgan fingerprint density at radius 3 is 2.50 bits per heavy atom. The molecule has 0 radical (unpaired) electrons. The number of hydrogen-bond donors (Lipinski definition) is 2. The molecule has 8 rings (SSSR count). The lowest BCUT2D eigenvalue weighted by Crippen LogP contribution is -2.92. The molecule has 48 heavy (non-hydrogen) atoms. The Hall–Kier alpha value is -3.03. The number of esters is 3. The van der Waals surface area contributed by atoms with Gasteiger partial charge in [0.2, 0.25) is 0 Å². The molecule has 1 aromatic rings. The van der Waals surface area contributed by atoms with Crippen LogP contribution in [0.2, 0.25) is 0 Å². The number of rotatable bonds is 6. The van der Waals surface area contributed by atoms with Crippen LogP contribution in [0.3, 0.4) is 0 Å². The fraction of sp³-hybridized carbons (Fsp3) is 0.694. The Morgan fingerprint density at radius 1 is 1.15 bits per heavy atom. The fourth-order valence-corrected chi connectivity index (χ4v) is 11.7. The summed E-state index contributed by atoms with van der Waals surface area (Å²) in [6, 6.07) is 1.75. The highest BCUT2D eigenvalue weighted by Crippen LogP contribution is 2.88. The number of ether oxygens (including phenoxy) is 6. The Kier molecular flexibility index (Phi) is 6.17. The number of furan rings is 1. The van der Waals surface area contributed by atoms with Crippen molar-refractivity contribution >= 4 is 17.9 Å². The molecule has 4 bridgehead atoms. The quantitative estimate of drug-likeness (QED) is 0.257. The van der Waals surface area contributed by atoms with Crippen molar-refractivity contribution < 1.29 is 57.4 Å². The van der Waals surface area contributed by atoms with Gasteiger partial charge in [-0.3, -0.25) is 4.79 Å². The molecule has 1 aromatic heterocycles. The van der Waals surface area contributed by atoms with E-state index in [0.29, 0.717) is 29.6 Å². The van der Waals surface area contributed by atoms with Crippen molar-refractivity contribution in [2.45, 2.75) is 121 Å². The first kappa shape index (κ1) is 32.2. The summed E-state index contributed by atoms with van der Waals surface area (Å²) in [6.45, 7) is 12.7. The third-order valence-corrected chi connectivity index (χ3v) is 14.0. The van der Waals surface area contributed by atoms with Crippen LogP contribution >= 0.6 is 0 Å². The molecule has 6 fully saturated rings. The summed E-state index contributed by atoms with van der Waals surface area (Å²) in [5.41, 5.74) is -9.36. The summed E-state index contributed by atoms with van der Waals surface area (Å²) >= 11 is 0. The van der Waals surface area contributed by atoms with E-state index in [4.69, 9.17) is 32.8 Å².